The number of rotatable bonds is 2. The number of halogens is 1. The first kappa shape index (κ1) is 9.55. The topological polar surface area (TPSA) is 42.4 Å². The minimum absolute atomic E-state index is 0.270. The maximum absolute atomic E-state index is 13.2. The molecular formula is C10H12FNO2. The van der Waals surface area contributed by atoms with E-state index in [2.05, 4.69) is 4.98 Å². The Balaban J connectivity index is 2.17. The van der Waals surface area contributed by atoms with Gasteiger partial charge in [0, 0.05) is 18.4 Å². The molecule has 0 amide bonds. The summed E-state index contributed by atoms with van der Waals surface area (Å²) in [7, 11) is 0. The molecule has 1 fully saturated rings. The van der Waals surface area contributed by atoms with E-state index in [1.54, 1.807) is 0 Å². The SMILES string of the molecule is OC(c1ccncc1F)C1CCCO1. The lowest BCUT2D eigenvalue weighted by Crippen LogP contribution is -2.18. The first-order valence-corrected chi connectivity index (χ1v) is 4.68. The van der Waals surface area contributed by atoms with Crippen molar-refractivity contribution in [3.63, 3.8) is 0 Å². The highest BCUT2D eigenvalue weighted by molar-refractivity contribution is 5.17. The number of ether oxygens (including phenoxy) is 1. The van der Waals surface area contributed by atoms with E-state index >= 15 is 0 Å². The molecule has 0 saturated carbocycles. The van der Waals surface area contributed by atoms with Crippen molar-refractivity contribution in [1.29, 1.82) is 0 Å². The van der Waals surface area contributed by atoms with E-state index in [0.717, 1.165) is 19.0 Å². The van der Waals surface area contributed by atoms with Crippen molar-refractivity contribution < 1.29 is 14.2 Å². The molecule has 3 nitrogen and oxygen atoms in total. The van der Waals surface area contributed by atoms with Crippen molar-refractivity contribution in [1.82, 2.24) is 4.98 Å². The molecule has 1 aromatic heterocycles. The Morgan fingerprint density at radius 3 is 3.14 bits per heavy atom. The molecule has 14 heavy (non-hydrogen) atoms. The number of hydrogen-bond donors (Lipinski definition) is 1. The summed E-state index contributed by atoms with van der Waals surface area (Å²) in [5, 5.41) is 9.81. The van der Waals surface area contributed by atoms with Crippen LogP contribution >= 0.6 is 0 Å². The van der Waals surface area contributed by atoms with Gasteiger partial charge in [-0.1, -0.05) is 0 Å². The average Bonchev–Trinajstić information content (AvgIpc) is 2.70. The van der Waals surface area contributed by atoms with Crippen LogP contribution in [-0.2, 0) is 4.74 Å². The number of pyridine rings is 1. The van der Waals surface area contributed by atoms with Crippen LogP contribution in [0.5, 0.6) is 0 Å². The summed E-state index contributed by atoms with van der Waals surface area (Å²) in [4.78, 5) is 3.63. The van der Waals surface area contributed by atoms with E-state index in [9.17, 15) is 9.50 Å². The van der Waals surface area contributed by atoms with E-state index < -0.39 is 11.9 Å². The number of aromatic nitrogens is 1. The second-order valence-electron chi connectivity index (χ2n) is 3.39. The molecule has 0 radical (unpaired) electrons. The van der Waals surface area contributed by atoms with Gasteiger partial charge in [0.15, 0.2) is 0 Å². The Morgan fingerprint density at radius 2 is 2.50 bits per heavy atom. The summed E-state index contributed by atoms with van der Waals surface area (Å²) >= 11 is 0. The van der Waals surface area contributed by atoms with Gasteiger partial charge in [-0.25, -0.2) is 4.39 Å². The van der Waals surface area contributed by atoms with Crippen LogP contribution < -0.4 is 0 Å². The zero-order valence-electron chi connectivity index (χ0n) is 7.69. The molecule has 1 aromatic rings. The Kier molecular flexibility index (Phi) is 2.74. The summed E-state index contributed by atoms with van der Waals surface area (Å²) in [6.07, 6.45) is 3.13. The lowest BCUT2D eigenvalue weighted by atomic mass is 10.0. The van der Waals surface area contributed by atoms with E-state index in [1.165, 1.54) is 12.3 Å². The third-order valence-electron chi connectivity index (χ3n) is 2.44. The molecule has 0 spiro atoms. The minimum atomic E-state index is -0.875. The van der Waals surface area contributed by atoms with Gasteiger partial charge in [-0.05, 0) is 18.9 Å². The highest BCUT2D eigenvalue weighted by Crippen LogP contribution is 2.27. The van der Waals surface area contributed by atoms with Gasteiger partial charge in [0.25, 0.3) is 0 Å². The Hall–Kier alpha value is -1.00. The lowest BCUT2D eigenvalue weighted by molar-refractivity contribution is -0.00432. The first-order chi connectivity index (χ1) is 6.79. The third kappa shape index (κ3) is 1.76. The van der Waals surface area contributed by atoms with Crippen LogP contribution in [0, 0.1) is 5.82 Å². The zero-order valence-corrected chi connectivity index (χ0v) is 7.69. The van der Waals surface area contributed by atoms with E-state index in [-0.39, 0.29) is 11.7 Å². The van der Waals surface area contributed by atoms with Crippen molar-refractivity contribution in [2.24, 2.45) is 0 Å². The molecule has 2 unspecified atom stereocenters. The van der Waals surface area contributed by atoms with Gasteiger partial charge in [0.2, 0.25) is 0 Å². The predicted molar refractivity (Wildman–Crippen MR) is 48.1 cm³/mol. The predicted octanol–water partition coefficient (Wildman–Crippen LogP) is 1.43. The highest BCUT2D eigenvalue weighted by atomic mass is 19.1. The standard InChI is InChI=1S/C10H12FNO2/c11-8-6-12-4-3-7(8)10(13)9-2-1-5-14-9/h3-4,6,9-10,13H,1-2,5H2. The lowest BCUT2D eigenvalue weighted by Gasteiger charge is -2.17. The third-order valence-corrected chi connectivity index (χ3v) is 2.44. The summed E-state index contributed by atoms with van der Waals surface area (Å²) in [6.45, 7) is 0.647. The van der Waals surface area contributed by atoms with Crippen LogP contribution in [-0.4, -0.2) is 22.8 Å². The van der Waals surface area contributed by atoms with Crippen LogP contribution in [0.15, 0.2) is 18.5 Å². The number of nitrogens with zero attached hydrogens (tertiary/aromatic N) is 1. The molecule has 1 saturated heterocycles. The fraction of sp³-hybridized carbons (Fsp3) is 0.500. The minimum Gasteiger partial charge on any atom is -0.386 e. The highest BCUT2D eigenvalue weighted by Gasteiger charge is 2.27. The fourth-order valence-electron chi connectivity index (χ4n) is 1.68. The molecule has 2 atom stereocenters. The van der Waals surface area contributed by atoms with Crippen molar-refractivity contribution >= 4 is 0 Å². The summed E-state index contributed by atoms with van der Waals surface area (Å²) in [5.41, 5.74) is 0.270. The normalized spacial score (nSPS) is 23.7. The van der Waals surface area contributed by atoms with Gasteiger partial charge in [-0.3, -0.25) is 4.98 Å². The molecule has 2 heterocycles. The van der Waals surface area contributed by atoms with Crippen LogP contribution in [0.1, 0.15) is 24.5 Å². The van der Waals surface area contributed by atoms with E-state index in [1.807, 2.05) is 0 Å². The molecule has 1 aliphatic rings. The van der Waals surface area contributed by atoms with E-state index in [0.29, 0.717) is 6.61 Å². The molecule has 4 heteroatoms. The van der Waals surface area contributed by atoms with Crippen molar-refractivity contribution in [3.8, 4) is 0 Å². The smallest absolute Gasteiger partial charge is 0.147 e. The first-order valence-electron chi connectivity index (χ1n) is 4.68. The molecule has 0 bridgehead atoms. The second kappa shape index (κ2) is 4.02. The number of hydrogen-bond acceptors (Lipinski definition) is 3. The number of aliphatic hydroxyl groups is 1. The van der Waals surface area contributed by atoms with Crippen LogP contribution in [0.3, 0.4) is 0 Å². The molecule has 0 aromatic carbocycles. The maximum atomic E-state index is 13.2. The van der Waals surface area contributed by atoms with Gasteiger partial charge >= 0.3 is 0 Å². The summed E-state index contributed by atoms with van der Waals surface area (Å²) in [5.74, 6) is -0.476. The van der Waals surface area contributed by atoms with Crippen molar-refractivity contribution in [2.45, 2.75) is 25.0 Å². The maximum Gasteiger partial charge on any atom is 0.147 e. The Morgan fingerprint density at radius 1 is 1.64 bits per heavy atom. The zero-order chi connectivity index (χ0) is 9.97. The quantitative estimate of drug-likeness (QED) is 0.779. The van der Waals surface area contributed by atoms with Crippen LogP contribution in [0.2, 0.25) is 0 Å². The van der Waals surface area contributed by atoms with E-state index in [4.69, 9.17) is 4.74 Å². The van der Waals surface area contributed by atoms with Crippen LogP contribution in [0.4, 0.5) is 4.39 Å². The molecule has 76 valence electrons. The largest absolute Gasteiger partial charge is 0.386 e. The van der Waals surface area contributed by atoms with Crippen molar-refractivity contribution in [3.05, 3.63) is 29.8 Å². The van der Waals surface area contributed by atoms with Gasteiger partial charge in [0.1, 0.15) is 11.9 Å². The molecule has 0 aliphatic carbocycles. The Labute approximate surface area is 81.5 Å². The van der Waals surface area contributed by atoms with Gasteiger partial charge < -0.3 is 9.84 Å². The van der Waals surface area contributed by atoms with Gasteiger partial charge in [-0.15, -0.1) is 0 Å². The molecular weight excluding hydrogens is 185 g/mol. The molecule has 1 N–H and O–H groups in total. The van der Waals surface area contributed by atoms with Crippen LogP contribution in [0.25, 0.3) is 0 Å². The average molecular weight is 197 g/mol. The number of aliphatic hydroxyl groups excluding tert-OH is 1. The van der Waals surface area contributed by atoms with Gasteiger partial charge in [-0.2, -0.15) is 0 Å². The molecule has 1 aliphatic heterocycles. The second-order valence-corrected chi connectivity index (χ2v) is 3.39. The monoisotopic (exact) mass is 197 g/mol. The molecule has 2 rings (SSSR count). The summed E-state index contributed by atoms with van der Waals surface area (Å²) < 4.78 is 18.5. The fourth-order valence-corrected chi connectivity index (χ4v) is 1.68. The Bertz CT molecular complexity index is 313. The van der Waals surface area contributed by atoms with Gasteiger partial charge in [0.05, 0.1) is 12.3 Å². The summed E-state index contributed by atoms with van der Waals surface area (Å²) in [6, 6.07) is 1.49. The van der Waals surface area contributed by atoms with Crippen molar-refractivity contribution in [2.75, 3.05) is 6.61 Å².